The minimum atomic E-state index is -4.39. The van der Waals surface area contributed by atoms with Gasteiger partial charge in [0.05, 0.1) is 11.3 Å². The summed E-state index contributed by atoms with van der Waals surface area (Å²) in [7, 11) is 0. The topological polar surface area (TPSA) is 56.2 Å². The van der Waals surface area contributed by atoms with E-state index in [9.17, 15) is 13.2 Å². The van der Waals surface area contributed by atoms with Crippen molar-refractivity contribution >= 4 is 11.3 Å². The monoisotopic (exact) mass is 292 g/mol. The number of hydrogen-bond acceptors (Lipinski definition) is 3. The first-order valence-corrected chi connectivity index (χ1v) is 6.20. The van der Waals surface area contributed by atoms with Crippen LogP contribution in [0.1, 0.15) is 17.0 Å². The molecule has 2 heterocycles. The summed E-state index contributed by atoms with van der Waals surface area (Å²) in [6, 6.07) is 8.81. The number of nitrogens with two attached hydrogens (primary N) is 1. The molecule has 2 N–H and O–H groups in total. The zero-order valence-corrected chi connectivity index (χ0v) is 10.8. The molecule has 0 saturated carbocycles. The molecule has 0 fully saturated rings. The molecule has 0 aliphatic heterocycles. The van der Waals surface area contributed by atoms with Crippen LogP contribution in [0.25, 0.3) is 5.65 Å². The second kappa shape index (κ2) is 4.76. The number of fused-ring (bicyclic) bond motifs is 1. The number of alkyl halides is 3. The number of halogens is 3. The molecule has 0 unspecified atom stereocenters. The lowest BCUT2D eigenvalue weighted by molar-refractivity contribution is -0.138. The maximum Gasteiger partial charge on any atom is 0.416 e. The molecule has 2 aromatic heterocycles. The van der Waals surface area contributed by atoms with Crippen molar-refractivity contribution in [3.63, 3.8) is 0 Å². The van der Waals surface area contributed by atoms with Crippen molar-refractivity contribution in [2.75, 3.05) is 5.73 Å². The van der Waals surface area contributed by atoms with Crippen LogP contribution in [-0.4, -0.2) is 14.6 Å². The van der Waals surface area contributed by atoms with Crippen LogP contribution in [0.4, 0.5) is 18.9 Å². The van der Waals surface area contributed by atoms with E-state index in [1.807, 2.05) is 0 Å². The van der Waals surface area contributed by atoms with Gasteiger partial charge in [0.2, 0.25) is 0 Å². The minimum Gasteiger partial charge on any atom is -0.396 e. The number of pyridine rings is 1. The highest BCUT2D eigenvalue weighted by atomic mass is 19.4. The fourth-order valence-electron chi connectivity index (χ4n) is 2.23. The predicted molar refractivity (Wildman–Crippen MR) is 71.6 cm³/mol. The number of rotatable bonds is 2. The van der Waals surface area contributed by atoms with Gasteiger partial charge in [0.15, 0.2) is 5.65 Å². The molecule has 0 amide bonds. The Hall–Kier alpha value is -2.57. The normalized spacial score (nSPS) is 12.0. The molecule has 21 heavy (non-hydrogen) atoms. The van der Waals surface area contributed by atoms with Gasteiger partial charge in [-0.05, 0) is 23.8 Å². The number of benzene rings is 1. The number of nitrogen functional groups attached to an aromatic ring is 1. The highest BCUT2D eigenvalue weighted by Crippen LogP contribution is 2.32. The molecule has 0 spiro atoms. The summed E-state index contributed by atoms with van der Waals surface area (Å²) in [5.74, 6) is 0.411. The number of aromatic nitrogens is 3. The summed E-state index contributed by atoms with van der Waals surface area (Å²) in [5.41, 5.74) is 6.12. The molecule has 0 bridgehead atoms. The van der Waals surface area contributed by atoms with Crippen molar-refractivity contribution < 1.29 is 13.2 Å². The molecule has 0 saturated heterocycles. The largest absolute Gasteiger partial charge is 0.416 e. The average molecular weight is 292 g/mol. The van der Waals surface area contributed by atoms with Gasteiger partial charge in [-0.2, -0.15) is 13.2 Å². The van der Waals surface area contributed by atoms with Gasteiger partial charge in [-0.25, -0.2) is 0 Å². The summed E-state index contributed by atoms with van der Waals surface area (Å²) in [5, 5.41) is 7.85. The minimum absolute atomic E-state index is 0.0281. The van der Waals surface area contributed by atoms with E-state index in [0.29, 0.717) is 17.2 Å². The molecule has 0 aliphatic carbocycles. The molecule has 0 atom stereocenters. The first-order chi connectivity index (χ1) is 9.97. The lowest BCUT2D eigenvalue weighted by Crippen LogP contribution is -2.10. The van der Waals surface area contributed by atoms with E-state index in [1.165, 1.54) is 12.1 Å². The van der Waals surface area contributed by atoms with E-state index in [1.54, 1.807) is 28.8 Å². The molecule has 0 radical (unpaired) electrons. The molecule has 108 valence electrons. The summed E-state index contributed by atoms with van der Waals surface area (Å²) >= 11 is 0. The quantitative estimate of drug-likeness (QED) is 0.790. The van der Waals surface area contributed by atoms with Crippen molar-refractivity contribution in [3.05, 3.63) is 59.5 Å². The van der Waals surface area contributed by atoms with E-state index in [4.69, 9.17) is 5.73 Å². The van der Waals surface area contributed by atoms with Crippen molar-refractivity contribution in [2.45, 2.75) is 12.6 Å². The summed E-state index contributed by atoms with van der Waals surface area (Å²) in [4.78, 5) is 0. The summed E-state index contributed by atoms with van der Waals surface area (Å²) in [6.07, 6.45) is -2.69. The van der Waals surface area contributed by atoms with E-state index in [0.717, 1.165) is 6.07 Å². The Morgan fingerprint density at radius 2 is 1.81 bits per heavy atom. The molecule has 4 nitrogen and oxygen atoms in total. The van der Waals surface area contributed by atoms with Crippen LogP contribution in [0, 0.1) is 0 Å². The van der Waals surface area contributed by atoms with Crippen LogP contribution < -0.4 is 5.73 Å². The Labute approximate surface area is 118 Å². The van der Waals surface area contributed by atoms with Crippen molar-refractivity contribution in [2.24, 2.45) is 0 Å². The van der Waals surface area contributed by atoms with Crippen LogP contribution in [0.15, 0.2) is 42.6 Å². The second-order valence-corrected chi connectivity index (χ2v) is 4.61. The van der Waals surface area contributed by atoms with Gasteiger partial charge in [-0.1, -0.05) is 18.2 Å². The third-order valence-corrected chi connectivity index (χ3v) is 3.21. The highest BCUT2D eigenvalue weighted by Gasteiger charge is 2.33. The third-order valence-electron chi connectivity index (χ3n) is 3.21. The van der Waals surface area contributed by atoms with Gasteiger partial charge in [0.25, 0.3) is 0 Å². The standard InChI is InChI=1S/C14H11F3N4/c15-14(16,17)10-5-2-1-4-9(10)8-12-19-20-13-11(18)6-3-7-21(12)13/h1-7H,8,18H2. The Morgan fingerprint density at radius 3 is 2.57 bits per heavy atom. The zero-order valence-electron chi connectivity index (χ0n) is 10.8. The molecular formula is C14H11F3N4. The van der Waals surface area contributed by atoms with Crippen LogP contribution in [-0.2, 0) is 12.6 Å². The number of nitrogens with zero attached hydrogens (tertiary/aromatic N) is 3. The molecule has 3 aromatic rings. The fraction of sp³-hybridized carbons (Fsp3) is 0.143. The second-order valence-electron chi connectivity index (χ2n) is 4.61. The van der Waals surface area contributed by atoms with Gasteiger partial charge < -0.3 is 5.73 Å². The smallest absolute Gasteiger partial charge is 0.396 e. The van der Waals surface area contributed by atoms with E-state index in [-0.39, 0.29) is 12.0 Å². The molecule has 0 aliphatic rings. The summed E-state index contributed by atoms with van der Waals surface area (Å²) < 4.78 is 40.6. The maximum atomic E-state index is 13.0. The lowest BCUT2D eigenvalue weighted by Gasteiger charge is -2.11. The van der Waals surface area contributed by atoms with Crippen LogP contribution in [0.3, 0.4) is 0 Å². The molecular weight excluding hydrogens is 281 g/mol. The Balaban J connectivity index is 2.06. The van der Waals surface area contributed by atoms with E-state index < -0.39 is 11.7 Å². The highest BCUT2D eigenvalue weighted by molar-refractivity contribution is 5.63. The molecule has 7 heteroatoms. The predicted octanol–water partition coefficient (Wildman–Crippen LogP) is 2.92. The van der Waals surface area contributed by atoms with Gasteiger partial charge in [-0.3, -0.25) is 4.40 Å². The lowest BCUT2D eigenvalue weighted by atomic mass is 10.0. The van der Waals surface area contributed by atoms with Crippen molar-refractivity contribution in [1.29, 1.82) is 0 Å². The zero-order chi connectivity index (χ0) is 15.0. The first-order valence-electron chi connectivity index (χ1n) is 6.20. The molecule has 1 aromatic carbocycles. The Morgan fingerprint density at radius 1 is 1.05 bits per heavy atom. The third kappa shape index (κ3) is 2.42. The van der Waals surface area contributed by atoms with E-state index in [2.05, 4.69) is 10.2 Å². The SMILES string of the molecule is Nc1cccn2c(Cc3ccccc3C(F)(F)F)nnc12. The van der Waals surface area contributed by atoms with Gasteiger partial charge in [0.1, 0.15) is 5.82 Å². The number of hydrogen-bond donors (Lipinski definition) is 1. The van der Waals surface area contributed by atoms with Gasteiger partial charge >= 0.3 is 6.18 Å². The van der Waals surface area contributed by atoms with Gasteiger partial charge in [-0.15, -0.1) is 10.2 Å². The van der Waals surface area contributed by atoms with Crippen molar-refractivity contribution in [3.8, 4) is 0 Å². The first kappa shape index (κ1) is 13.4. The average Bonchev–Trinajstić information content (AvgIpc) is 2.83. The molecule has 3 rings (SSSR count). The maximum absolute atomic E-state index is 13.0. The Bertz CT molecular complexity index is 792. The fourth-order valence-corrected chi connectivity index (χ4v) is 2.23. The van der Waals surface area contributed by atoms with Gasteiger partial charge in [0, 0.05) is 12.6 Å². The number of anilines is 1. The van der Waals surface area contributed by atoms with Crippen LogP contribution in [0.5, 0.6) is 0 Å². The van der Waals surface area contributed by atoms with Crippen LogP contribution in [0.2, 0.25) is 0 Å². The summed E-state index contributed by atoms with van der Waals surface area (Å²) in [6.45, 7) is 0. The van der Waals surface area contributed by atoms with Crippen LogP contribution >= 0.6 is 0 Å². The van der Waals surface area contributed by atoms with E-state index >= 15 is 0 Å². The van der Waals surface area contributed by atoms with Crippen molar-refractivity contribution in [1.82, 2.24) is 14.6 Å². The Kier molecular flexibility index (Phi) is 3.04.